The van der Waals surface area contributed by atoms with Crippen molar-refractivity contribution in [1.82, 2.24) is 14.5 Å². The summed E-state index contributed by atoms with van der Waals surface area (Å²) in [6.07, 6.45) is -0.808. The molecule has 1 N–H and O–H groups in total. The molecule has 0 spiro atoms. The van der Waals surface area contributed by atoms with E-state index in [-0.39, 0.29) is 18.0 Å². The fourth-order valence-electron chi connectivity index (χ4n) is 2.49. The number of amides is 2. The van der Waals surface area contributed by atoms with E-state index in [9.17, 15) is 18.0 Å². The summed E-state index contributed by atoms with van der Waals surface area (Å²) in [6, 6.07) is 7.71. The lowest BCUT2D eigenvalue weighted by molar-refractivity contribution is -0.125. The molecule has 24 heavy (non-hydrogen) atoms. The molecular weight excluding hydrogens is 334 g/mol. The van der Waals surface area contributed by atoms with Crippen molar-refractivity contribution in [2.75, 3.05) is 33.3 Å². The first-order valence-electron chi connectivity index (χ1n) is 7.54. The first-order chi connectivity index (χ1) is 11.4. The van der Waals surface area contributed by atoms with Crippen LogP contribution in [0.1, 0.15) is 6.92 Å². The van der Waals surface area contributed by atoms with E-state index in [1.54, 1.807) is 37.3 Å². The number of ether oxygens (including phenoxy) is 1. The molecule has 1 atom stereocenters. The summed E-state index contributed by atoms with van der Waals surface area (Å²) in [6.45, 7) is 3.05. The van der Waals surface area contributed by atoms with Crippen LogP contribution >= 0.6 is 0 Å². The summed E-state index contributed by atoms with van der Waals surface area (Å²) in [5, 5.41) is 2.12. The van der Waals surface area contributed by atoms with Crippen molar-refractivity contribution in [3.05, 3.63) is 30.3 Å². The average molecular weight is 355 g/mol. The van der Waals surface area contributed by atoms with Crippen molar-refractivity contribution < 1.29 is 22.7 Å². The van der Waals surface area contributed by atoms with Gasteiger partial charge < -0.3 is 4.74 Å². The molecule has 132 valence electrons. The zero-order valence-corrected chi connectivity index (χ0v) is 14.5. The highest BCUT2D eigenvalue weighted by molar-refractivity contribution is 7.89. The number of imide groups is 1. The fraction of sp³-hybridized carbons (Fsp3) is 0.467. The van der Waals surface area contributed by atoms with Gasteiger partial charge in [-0.1, -0.05) is 18.2 Å². The number of nitrogens with one attached hydrogen (secondary N) is 1. The van der Waals surface area contributed by atoms with Gasteiger partial charge in [-0.05, 0) is 19.1 Å². The van der Waals surface area contributed by atoms with Gasteiger partial charge >= 0.3 is 6.09 Å². The number of sulfonamides is 1. The normalized spacial score (nSPS) is 17.9. The van der Waals surface area contributed by atoms with Gasteiger partial charge in [-0.3, -0.25) is 15.0 Å². The molecule has 0 unspecified atom stereocenters. The molecular formula is C15H21N3O5S. The predicted molar refractivity (Wildman–Crippen MR) is 86.8 cm³/mol. The summed E-state index contributed by atoms with van der Waals surface area (Å²) >= 11 is 0. The van der Waals surface area contributed by atoms with Crippen LogP contribution in [0.15, 0.2) is 35.2 Å². The predicted octanol–water partition coefficient (Wildman–Crippen LogP) is 0.264. The smallest absolute Gasteiger partial charge is 0.413 e. The van der Waals surface area contributed by atoms with Crippen LogP contribution in [-0.4, -0.2) is 69.0 Å². The molecule has 0 bridgehead atoms. The number of nitrogens with zero attached hydrogens (tertiary/aromatic N) is 2. The maximum atomic E-state index is 12.5. The van der Waals surface area contributed by atoms with Gasteiger partial charge in [-0.25, -0.2) is 13.2 Å². The van der Waals surface area contributed by atoms with Gasteiger partial charge in [0.15, 0.2) is 0 Å². The molecule has 1 fully saturated rings. The number of carbonyl (C=O) groups excluding carboxylic acids is 2. The second-order valence-corrected chi connectivity index (χ2v) is 7.35. The molecule has 0 aromatic heterocycles. The standard InChI is InChI=1S/C15H21N3O5S/c1-12(14(19)16-15(20)23-2)17-8-10-18(11-9-17)24(21,22)13-6-4-3-5-7-13/h3-7,12H,8-11H2,1-2H3,(H,16,19,20)/t12-/m1/s1. The lowest BCUT2D eigenvalue weighted by Gasteiger charge is -2.36. The Bertz CT molecular complexity index is 684. The van der Waals surface area contributed by atoms with Crippen molar-refractivity contribution in [2.45, 2.75) is 17.9 Å². The molecule has 2 rings (SSSR count). The van der Waals surface area contributed by atoms with E-state index in [1.165, 1.54) is 11.4 Å². The van der Waals surface area contributed by atoms with Crippen LogP contribution in [-0.2, 0) is 19.6 Å². The average Bonchev–Trinajstić information content (AvgIpc) is 2.61. The molecule has 0 aliphatic carbocycles. The first-order valence-corrected chi connectivity index (χ1v) is 8.98. The van der Waals surface area contributed by atoms with Gasteiger partial charge in [0.25, 0.3) is 0 Å². The van der Waals surface area contributed by atoms with E-state index in [4.69, 9.17) is 0 Å². The van der Waals surface area contributed by atoms with E-state index in [1.807, 2.05) is 4.90 Å². The monoisotopic (exact) mass is 355 g/mol. The second-order valence-electron chi connectivity index (χ2n) is 5.41. The van der Waals surface area contributed by atoms with Crippen LogP contribution in [0.4, 0.5) is 4.79 Å². The summed E-state index contributed by atoms with van der Waals surface area (Å²) in [5.74, 6) is -0.471. The Kier molecular flexibility index (Phi) is 5.92. The molecule has 0 radical (unpaired) electrons. The molecule has 2 amide bonds. The lowest BCUT2D eigenvalue weighted by Crippen LogP contribution is -2.55. The number of hydrogen-bond acceptors (Lipinski definition) is 6. The van der Waals surface area contributed by atoms with Crippen LogP contribution in [0.2, 0.25) is 0 Å². The van der Waals surface area contributed by atoms with Crippen LogP contribution in [0, 0.1) is 0 Å². The van der Waals surface area contributed by atoms with Crippen molar-refractivity contribution in [3.63, 3.8) is 0 Å². The molecule has 1 heterocycles. The summed E-state index contributed by atoms with van der Waals surface area (Å²) in [7, 11) is -2.34. The SMILES string of the molecule is COC(=O)NC(=O)[C@@H](C)N1CCN(S(=O)(=O)c2ccccc2)CC1. The van der Waals surface area contributed by atoms with Crippen LogP contribution in [0.25, 0.3) is 0 Å². The maximum Gasteiger partial charge on any atom is 0.413 e. The number of hydrogen-bond donors (Lipinski definition) is 1. The van der Waals surface area contributed by atoms with E-state index < -0.39 is 28.1 Å². The maximum absolute atomic E-state index is 12.5. The highest BCUT2D eigenvalue weighted by Crippen LogP contribution is 2.18. The number of benzene rings is 1. The van der Waals surface area contributed by atoms with Crippen molar-refractivity contribution in [1.29, 1.82) is 0 Å². The number of piperazine rings is 1. The number of carbonyl (C=O) groups is 2. The van der Waals surface area contributed by atoms with E-state index in [2.05, 4.69) is 10.1 Å². The minimum atomic E-state index is -3.52. The first kappa shape index (κ1) is 18.4. The summed E-state index contributed by atoms with van der Waals surface area (Å²) in [4.78, 5) is 25.1. The van der Waals surface area contributed by atoms with E-state index in [0.717, 1.165) is 0 Å². The van der Waals surface area contributed by atoms with E-state index in [0.29, 0.717) is 13.1 Å². The molecule has 1 saturated heterocycles. The zero-order valence-electron chi connectivity index (χ0n) is 13.6. The van der Waals surface area contributed by atoms with Crippen molar-refractivity contribution in [3.8, 4) is 0 Å². The third-order valence-electron chi connectivity index (χ3n) is 3.99. The van der Waals surface area contributed by atoms with Crippen LogP contribution < -0.4 is 5.32 Å². The Morgan fingerprint density at radius 2 is 1.71 bits per heavy atom. The van der Waals surface area contributed by atoms with Gasteiger partial charge in [-0.15, -0.1) is 0 Å². The highest BCUT2D eigenvalue weighted by atomic mass is 32.2. The van der Waals surface area contributed by atoms with E-state index >= 15 is 0 Å². The van der Waals surface area contributed by atoms with Gasteiger partial charge in [0, 0.05) is 26.2 Å². The van der Waals surface area contributed by atoms with Crippen LogP contribution in [0.5, 0.6) is 0 Å². The minimum Gasteiger partial charge on any atom is -0.453 e. The fourth-order valence-corrected chi connectivity index (χ4v) is 3.94. The summed E-state index contributed by atoms with van der Waals surface area (Å²) in [5.41, 5.74) is 0. The number of alkyl carbamates (subject to hydrolysis) is 1. The molecule has 1 aromatic carbocycles. The molecule has 1 aliphatic heterocycles. The Morgan fingerprint density at radius 3 is 2.25 bits per heavy atom. The third kappa shape index (κ3) is 4.11. The molecule has 9 heteroatoms. The quantitative estimate of drug-likeness (QED) is 0.833. The zero-order chi connectivity index (χ0) is 17.7. The van der Waals surface area contributed by atoms with Gasteiger partial charge in [0.2, 0.25) is 15.9 Å². The minimum absolute atomic E-state index is 0.259. The molecule has 1 aromatic rings. The Hall–Kier alpha value is -1.97. The molecule has 8 nitrogen and oxygen atoms in total. The van der Waals surface area contributed by atoms with Crippen molar-refractivity contribution >= 4 is 22.0 Å². The highest BCUT2D eigenvalue weighted by Gasteiger charge is 2.32. The van der Waals surface area contributed by atoms with Crippen molar-refractivity contribution in [2.24, 2.45) is 0 Å². The number of rotatable bonds is 4. The Balaban J connectivity index is 1.96. The topological polar surface area (TPSA) is 96.0 Å². The van der Waals surface area contributed by atoms with Gasteiger partial charge in [-0.2, -0.15) is 4.31 Å². The summed E-state index contributed by atoms with van der Waals surface area (Å²) < 4.78 is 30.9. The van der Waals surface area contributed by atoms with Gasteiger partial charge in [0.1, 0.15) is 0 Å². The largest absolute Gasteiger partial charge is 0.453 e. The Morgan fingerprint density at radius 1 is 1.12 bits per heavy atom. The second kappa shape index (κ2) is 7.73. The van der Waals surface area contributed by atoms with Crippen LogP contribution in [0.3, 0.4) is 0 Å². The molecule has 0 saturated carbocycles. The molecule has 1 aliphatic rings. The van der Waals surface area contributed by atoms with Gasteiger partial charge in [0.05, 0.1) is 18.0 Å². The number of methoxy groups -OCH3 is 1. The third-order valence-corrected chi connectivity index (χ3v) is 5.90. The Labute approximate surface area is 141 Å². The lowest BCUT2D eigenvalue weighted by atomic mass is 10.2.